The predicted octanol–water partition coefficient (Wildman–Crippen LogP) is 2.63. The van der Waals surface area contributed by atoms with Crippen LogP contribution in [0.4, 0.5) is 0 Å². The fourth-order valence-electron chi connectivity index (χ4n) is 2.36. The van der Waals surface area contributed by atoms with E-state index in [2.05, 4.69) is 43.6 Å². The van der Waals surface area contributed by atoms with Crippen molar-refractivity contribution in [2.45, 2.75) is 45.1 Å². The highest BCUT2D eigenvalue weighted by atomic mass is 32.1. The van der Waals surface area contributed by atoms with E-state index in [9.17, 15) is 4.79 Å². The molecule has 1 amide bonds. The van der Waals surface area contributed by atoms with Crippen LogP contribution in [0.25, 0.3) is 0 Å². The highest BCUT2D eigenvalue weighted by Crippen LogP contribution is 2.27. The van der Waals surface area contributed by atoms with E-state index >= 15 is 0 Å². The van der Waals surface area contributed by atoms with Crippen LogP contribution in [0.15, 0.2) is 17.5 Å². The van der Waals surface area contributed by atoms with Gasteiger partial charge in [-0.05, 0) is 31.2 Å². The van der Waals surface area contributed by atoms with Gasteiger partial charge in [0.2, 0.25) is 5.91 Å². The lowest BCUT2D eigenvalue weighted by Crippen LogP contribution is -2.42. The molecule has 0 bridgehead atoms. The Morgan fingerprint density at radius 1 is 1.53 bits per heavy atom. The highest BCUT2D eigenvalue weighted by Gasteiger charge is 2.31. The normalized spacial score (nSPS) is 15.5. The average Bonchev–Trinajstić information content (AvgIpc) is 3.03. The van der Waals surface area contributed by atoms with Gasteiger partial charge >= 0.3 is 0 Å². The minimum atomic E-state index is 0.0884. The fraction of sp³-hybridized carbons (Fsp3) is 0.667. The number of nitrogens with zero attached hydrogens (tertiary/aromatic N) is 1. The van der Waals surface area contributed by atoms with E-state index in [4.69, 9.17) is 0 Å². The van der Waals surface area contributed by atoms with Gasteiger partial charge in [-0.3, -0.25) is 4.79 Å². The van der Waals surface area contributed by atoms with Crippen molar-refractivity contribution >= 4 is 17.2 Å². The number of hydrogen-bond donors (Lipinski definition) is 1. The molecule has 1 aliphatic rings. The molecule has 0 aliphatic heterocycles. The van der Waals surface area contributed by atoms with Crippen molar-refractivity contribution < 1.29 is 4.79 Å². The quantitative estimate of drug-likeness (QED) is 0.833. The lowest BCUT2D eigenvalue weighted by Gasteiger charge is -2.25. The molecule has 106 valence electrons. The topological polar surface area (TPSA) is 32.3 Å². The molecule has 0 radical (unpaired) electrons. The molecule has 1 aliphatic carbocycles. The maximum absolute atomic E-state index is 12.1. The molecule has 2 rings (SSSR count). The molecule has 1 saturated carbocycles. The van der Waals surface area contributed by atoms with Crippen molar-refractivity contribution in [3.63, 3.8) is 0 Å². The van der Waals surface area contributed by atoms with E-state index in [0.717, 1.165) is 13.1 Å². The minimum absolute atomic E-state index is 0.0884. The van der Waals surface area contributed by atoms with Crippen molar-refractivity contribution in [3.05, 3.63) is 22.4 Å². The number of likely N-dealkylation sites (N-methyl/N-ethyl adjacent to an activating group) is 1. The maximum atomic E-state index is 12.1. The van der Waals surface area contributed by atoms with Gasteiger partial charge in [-0.25, -0.2) is 0 Å². The first-order valence-electron chi connectivity index (χ1n) is 7.09. The van der Waals surface area contributed by atoms with Crippen LogP contribution >= 0.6 is 11.3 Å². The Hall–Kier alpha value is -0.870. The molecule has 1 N–H and O–H groups in total. The molecule has 4 heteroatoms. The van der Waals surface area contributed by atoms with Gasteiger partial charge in [-0.2, -0.15) is 0 Å². The van der Waals surface area contributed by atoms with Crippen LogP contribution in [-0.2, 0) is 10.2 Å². The number of carbonyl (C=O) groups excluding carboxylic acids is 1. The smallest absolute Gasteiger partial charge is 0.236 e. The summed E-state index contributed by atoms with van der Waals surface area (Å²) in [7, 11) is 0. The number of nitrogens with one attached hydrogen (secondary N) is 1. The van der Waals surface area contributed by atoms with Crippen molar-refractivity contribution in [3.8, 4) is 0 Å². The summed E-state index contributed by atoms with van der Waals surface area (Å²) in [6.07, 6.45) is 2.36. The maximum Gasteiger partial charge on any atom is 0.236 e. The molecule has 19 heavy (non-hydrogen) atoms. The minimum Gasteiger partial charge on any atom is -0.339 e. The third-order valence-electron chi connectivity index (χ3n) is 3.68. The Labute approximate surface area is 120 Å². The summed E-state index contributed by atoms with van der Waals surface area (Å²) in [6, 6.07) is 4.76. The summed E-state index contributed by atoms with van der Waals surface area (Å²) in [5.41, 5.74) is 0.0884. The van der Waals surface area contributed by atoms with E-state index in [-0.39, 0.29) is 11.3 Å². The number of carbonyl (C=O) groups is 1. The molecule has 0 spiro atoms. The Balaban J connectivity index is 1.78. The summed E-state index contributed by atoms with van der Waals surface area (Å²) < 4.78 is 0. The van der Waals surface area contributed by atoms with Gasteiger partial charge < -0.3 is 10.2 Å². The van der Waals surface area contributed by atoms with Crippen LogP contribution in [-0.4, -0.2) is 36.5 Å². The molecule has 1 aromatic heterocycles. The van der Waals surface area contributed by atoms with Gasteiger partial charge in [0.25, 0.3) is 0 Å². The summed E-state index contributed by atoms with van der Waals surface area (Å²) >= 11 is 1.78. The van der Waals surface area contributed by atoms with E-state index in [0.29, 0.717) is 12.6 Å². The Kier molecular flexibility index (Phi) is 4.63. The monoisotopic (exact) mass is 280 g/mol. The summed E-state index contributed by atoms with van der Waals surface area (Å²) in [5.74, 6) is 0.243. The SMILES string of the molecule is CCN(C(=O)CNCC(C)(C)c1cccs1)C1CC1. The molecule has 3 nitrogen and oxygen atoms in total. The van der Waals surface area contributed by atoms with Gasteiger partial charge in [0.05, 0.1) is 6.54 Å². The lowest BCUT2D eigenvalue weighted by atomic mass is 9.91. The van der Waals surface area contributed by atoms with Gasteiger partial charge in [-0.15, -0.1) is 11.3 Å². The van der Waals surface area contributed by atoms with Crippen LogP contribution in [0.1, 0.15) is 38.5 Å². The molecule has 1 aromatic rings. The van der Waals surface area contributed by atoms with Crippen LogP contribution in [0.2, 0.25) is 0 Å². The molecule has 1 fully saturated rings. The van der Waals surface area contributed by atoms with Crippen molar-refractivity contribution in [1.82, 2.24) is 10.2 Å². The molecule has 0 atom stereocenters. The van der Waals surface area contributed by atoms with Crippen molar-refractivity contribution in [2.24, 2.45) is 0 Å². The summed E-state index contributed by atoms with van der Waals surface area (Å²) in [4.78, 5) is 15.5. The zero-order valence-corrected chi connectivity index (χ0v) is 12.9. The van der Waals surface area contributed by atoms with Crippen molar-refractivity contribution in [2.75, 3.05) is 19.6 Å². The van der Waals surface area contributed by atoms with Gasteiger partial charge in [0.15, 0.2) is 0 Å². The first-order valence-corrected chi connectivity index (χ1v) is 7.96. The van der Waals surface area contributed by atoms with Gasteiger partial charge in [0, 0.05) is 29.4 Å². The van der Waals surface area contributed by atoms with E-state index in [1.54, 1.807) is 11.3 Å². The second-order valence-electron chi connectivity index (χ2n) is 5.88. The van der Waals surface area contributed by atoms with Crippen LogP contribution < -0.4 is 5.32 Å². The predicted molar refractivity (Wildman–Crippen MR) is 80.6 cm³/mol. The third kappa shape index (κ3) is 3.80. The molecule has 0 aromatic carbocycles. The second-order valence-corrected chi connectivity index (χ2v) is 6.82. The molecule has 1 heterocycles. The number of amides is 1. The fourth-order valence-corrected chi connectivity index (χ4v) is 3.21. The van der Waals surface area contributed by atoms with Crippen LogP contribution in [0.5, 0.6) is 0 Å². The van der Waals surface area contributed by atoms with Crippen LogP contribution in [0, 0.1) is 0 Å². The number of thiophene rings is 1. The number of rotatable bonds is 7. The standard InChI is InChI=1S/C15H24N2OS/c1-4-17(12-7-8-12)14(18)10-16-11-15(2,3)13-6-5-9-19-13/h5-6,9,12,16H,4,7-8,10-11H2,1-3H3. The molecule has 0 saturated heterocycles. The van der Waals surface area contributed by atoms with E-state index in [1.165, 1.54) is 17.7 Å². The first kappa shape index (κ1) is 14.5. The van der Waals surface area contributed by atoms with Gasteiger partial charge in [0.1, 0.15) is 0 Å². The van der Waals surface area contributed by atoms with E-state index in [1.807, 2.05) is 4.90 Å². The Bertz CT molecular complexity index is 410. The molecule has 0 unspecified atom stereocenters. The van der Waals surface area contributed by atoms with Crippen LogP contribution in [0.3, 0.4) is 0 Å². The highest BCUT2D eigenvalue weighted by molar-refractivity contribution is 7.10. The van der Waals surface area contributed by atoms with Gasteiger partial charge in [-0.1, -0.05) is 19.9 Å². The Morgan fingerprint density at radius 3 is 2.79 bits per heavy atom. The summed E-state index contributed by atoms with van der Waals surface area (Å²) in [6.45, 7) is 8.62. The zero-order chi connectivity index (χ0) is 13.9. The first-order chi connectivity index (χ1) is 9.04. The largest absolute Gasteiger partial charge is 0.339 e. The lowest BCUT2D eigenvalue weighted by molar-refractivity contribution is -0.130. The van der Waals surface area contributed by atoms with E-state index < -0.39 is 0 Å². The second kappa shape index (κ2) is 6.06. The number of hydrogen-bond acceptors (Lipinski definition) is 3. The Morgan fingerprint density at radius 2 is 2.26 bits per heavy atom. The van der Waals surface area contributed by atoms with Crippen molar-refractivity contribution in [1.29, 1.82) is 0 Å². The third-order valence-corrected chi connectivity index (χ3v) is 4.92. The molecular formula is C15H24N2OS. The molecular weight excluding hydrogens is 256 g/mol. The zero-order valence-electron chi connectivity index (χ0n) is 12.1. The average molecular weight is 280 g/mol. The summed E-state index contributed by atoms with van der Waals surface area (Å²) in [5, 5.41) is 5.43.